The summed E-state index contributed by atoms with van der Waals surface area (Å²) in [7, 11) is 0. The lowest BCUT2D eigenvalue weighted by molar-refractivity contribution is -0.122. The van der Waals surface area contributed by atoms with Crippen molar-refractivity contribution in [3.63, 3.8) is 0 Å². The fourth-order valence-corrected chi connectivity index (χ4v) is 2.62. The molecule has 1 fully saturated rings. The van der Waals surface area contributed by atoms with Crippen molar-refractivity contribution in [2.24, 2.45) is 0 Å². The Morgan fingerprint density at radius 2 is 2.15 bits per heavy atom. The molecule has 1 N–H and O–H groups in total. The van der Waals surface area contributed by atoms with Gasteiger partial charge < -0.3 is 10.1 Å². The number of carbonyl (C=O) groups excluding carboxylic acids is 1. The summed E-state index contributed by atoms with van der Waals surface area (Å²) in [5.41, 5.74) is 1.03. The lowest BCUT2D eigenvalue weighted by atomic mass is 10.0. The first-order chi connectivity index (χ1) is 9.75. The molecule has 2 unspecified atom stereocenters. The Labute approximate surface area is 125 Å². The van der Waals surface area contributed by atoms with Crippen LogP contribution in [-0.4, -0.2) is 25.2 Å². The summed E-state index contributed by atoms with van der Waals surface area (Å²) in [6.45, 7) is 1.31. The molecule has 1 aliphatic rings. The summed E-state index contributed by atoms with van der Waals surface area (Å²) in [6.07, 6.45) is 5.02. The summed E-state index contributed by atoms with van der Waals surface area (Å²) in [5.74, 6) is 0.0563. The molecule has 0 saturated carbocycles. The molecule has 20 heavy (non-hydrogen) atoms. The van der Waals surface area contributed by atoms with Gasteiger partial charge in [0, 0.05) is 19.6 Å². The predicted octanol–water partition coefficient (Wildman–Crippen LogP) is 3.43. The first-order valence-corrected chi connectivity index (χ1v) is 7.76. The number of alkyl halides is 1. The maximum Gasteiger partial charge on any atom is 0.220 e. The van der Waals surface area contributed by atoms with Gasteiger partial charge in [-0.3, -0.25) is 4.79 Å². The van der Waals surface area contributed by atoms with Gasteiger partial charge >= 0.3 is 0 Å². The summed E-state index contributed by atoms with van der Waals surface area (Å²) in [5, 5.41) is 2.72. The SMILES string of the molecule is O=C(CCC1CCCCO1)NCC(Cl)c1ccccc1. The number of nitrogens with one attached hydrogen (secondary N) is 1. The Bertz CT molecular complexity index is 404. The molecule has 110 valence electrons. The van der Waals surface area contributed by atoms with Crippen LogP contribution < -0.4 is 5.32 Å². The molecule has 2 atom stereocenters. The Morgan fingerprint density at radius 1 is 1.35 bits per heavy atom. The molecule has 0 aliphatic carbocycles. The first-order valence-electron chi connectivity index (χ1n) is 7.33. The average molecular weight is 296 g/mol. The van der Waals surface area contributed by atoms with Gasteiger partial charge in [0.25, 0.3) is 0 Å². The standard InChI is InChI=1S/C16H22ClNO2/c17-15(13-6-2-1-3-7-13)12-18-16(19)10-9-14-8-4-5-11-20-14/h1-3,6-7,14-15H,4-5,8-12H2,(H,18,19). The Kier molecular flexibility index (Phi) is 6.34. The van der Waals surface area contributed by atoms with Crippen LogP contribution in [0.3, 0.4) is 0 Å². The van der Waals surface area contributed by atoms with E-state index in [0.29, 0.717) is 13.0 Å². The highest BCUT2D eigenvalue weighted by Crippen LogP contribution is 2.19. The van der Waals surface area contributed by atoms with E-state index in [9.17, 15) is 4.79 Å². The van der Waals surface area contributed by atoms with Gasteiger partial charge in [0.05, 0.1) is 11.5 Å². The summed E-state index contributed by atoms with van der Waals surface area (Å²) >= 11 is 6.26. The van der Waals surface area contributed by atoms with Gasteiger partial charge in [-0.2, -0.15) is 0 Å². The van der Waals surface area contributed by atoms with Gasteiger partial charge in [-0.25, -0.2) is 0 Å². The zero-order valence-corrected chi connectivity index (χ0v) is 12.4. The van der Waals surface area contributed by atoms with Gasteiger partial charge in [0.2, 0.25) is 5.91 Å². The van der Waals surface area contributed by atoms with E-state index in [4.69, 9.17) is 16.3 Å². The molecular weight excluding hydrogens is 274 g/mol. The maximum atomic E-state index is 11.8. The maximum absolute atomic E-state index is 11.8. The van der Waals surface area contributed by atoms with Crippen molar-refractivity contribution in [1.82, 2.24) is 5.32 Å². The zero-order valence-electron chi connectivity index (χ0n) is 11.7. The molecule has 1 aromatic carbocycles. The Hall–Kier alpha value is -1.06. The van der Waals surface area contributed by atoms with E-state index in [1.807, 2.05) is 30.3 Å². The van der Waals surface area contributed by atoms with Crippen LogP contribution in [-0.2, 0) is 9.53 Å². The van der Waals surface area contributed by atoms with E-state index in [1.165, 1.54) is 6.42 Å². The monoisotopic (exact) mass is 295 g/mol. The van der Waals surface area contributed by atoms with Gasteiger partial charge in [0.1, 0.15) is 0 Å². The Morgan fingerprint density at radius 3 is 2.85 bits per heavy atom. The zero-order chi connectivity index (χ0) is 14.2. The lowest BCUT2D eigenvalue weighted by Crippen LogP contribution is -2.28. The average Bonchev–Trinajstić information content (AvgIpc) is 2.52. The van der Waals surface area contributed by atoms with Crippen molar-refractivity contribution in [3.05, 3.63) is 35.9 Å². The predicted molar refractivity (Wildman–Crippen MR) is 80.9 cm³/mol. The van der Waals surface area contributed by atoms with E-state index >= 15 is 0 Å². The van der Waals surface area contributed by atoms with E-state index in [0.717, 1.165) is 31.4 Å². The van der Waals surface area contributed by atoms with Crippen LogP contribution in [0.5, 0.6) is 0 Å². The van der Waals surface area contributed by atoms with Crippen molar-refractivity contribution in [3.8, 4) is 0 Å². The van der Waals surface area contributed by atoms with Crippen LogP contribution in [0.4, 0.5) is 0 Å². The molecule has 0 spiro atoms. The Balaban J connectivity index is 1.64. The van der Waals surface area contributed by atoms with E-state index in [-0.39, 0.29) is 17.4 Å². The third kappa shape index (κ3) is 5.14. The van der Waals surface area contributed by atoms with Crippen LogP contribution in [0.1, 0.15) is 43.0 Å². The number of carbonyl (C=O) groups is 1. The molecule has 3 nitrogen and oxygen atoms in total. The summed E-state index contributed by atoms with van der Waals surface area (Å²) < 4.78 is 5.62. The van der Waals surface area contributed by atoms with Crippen LogP contribution in [0.25, 0.3) is 0 Å². The molecule has 1 aromatic rings. The number of halogens is 1. The molecule has 1 saturated heterocycles. The van der Waals surface area contributed by atoms with Crippen LogP contribution in [0.2, 0.25) is 0 Å². The minimum absolute atomic E-state index is 0.0563. The molecule has 0 radical (unpaired) electrons. The fourth-order valence-electron chi connectivity index (χ4n) is 2.40. The molecule has 1 aliphatic heterocycles. The van der Waals surface area contributed by atoms with Gasteiger partial charge in [-0.05, 0) is 31.2 Å². The van der Waals surface area contributed by atoms with E-state index in [1.54, 1.807) is 0 Å². The normalized spacial score (nSPS) is 20.4. The van der Waals surface area contributed by atoms with Crippen LogP contribution in [0.15, 0.2) is 30.3 Å². The van der Waals surface area contributed by atoms with Gasteiger partial charge in [-0.1, -0.05) is 30.3 Å². The van der Waals surface area contributed by atoms with Crippen LogP contribution in [0, 0.1) is 0 Å². The highest BCUT2D eigenvalue weighted by atomic mass is 35.5. The highest BCUT2D eigenvalue weighted by Gasteiger charge is 2.15. The third-order valence-corrected chi connectivity index (χ3v) is 4.01. The van der Waals surface area contributed by atoms with Crippen molar-refractivity contribution >= 4 is 17.5 Å². The number of amides is 1. The molecule has 1 amide bonds. The number of rotatable bonds is 6. The fraction of sp³-hybridized carbons (Fsp3) is 0.562. The minimum Gasteiger partial charge on any atom is -0.378 e. The van der Waals surface area contributed by atoms with E-state index < -0.39 is 0 Å². The molecule has 0 aromatic heterocycles. The smallest absolute Gasteiger partial charge is 0.220 e. The molecule has 0 bridgehead atoms. The highest BCUT2D eigenvalue weighted by molar-refractivity contribution is 6.21. The number of hydrogen-bond acceptors (Lipinski definition) is 2. The first kappa shape index (κ1) is 15.3. The minimum atomic E-state index is -0.175. The van der Waals surface area contributed by atoms with Crippen molar-refractivity contribution in [2.75, 3.05) is 13.2 Å². The van der Waals surface area contributed by atoms with Crippen molar-refractivity contribution in [2.45, 2.75) is 43.6 Å². The second kappa shape index (κ2) is 8.28. The van der Waals surface area contributed by atoms with Crippen LogP contribution >= 0.6 is 11.6 Å². The molecule has 4 heteroatoms. The topological polar surface area (TPSA) is 38.3 Å². The number of ether oxygens (including phenoxy) is 1. The second-order valence-electron chi connectivity index (χ2n) is 5.21. The van der Waals surface area contributed by atoms with Gasteiger partial charge in [0.15, 0.2) is 0 Å². The second-order valence-corrected chi connectivity index (χ2v) is 5.74. The molecule has 2 rings (SSSR count). The van der Waals surface area contributed by atoms with E-state index in [2.05, 4.69) is 5.32 Å². The quantitative estimate of drug-likeness (QED) is 0.817. The summed E-state index contributed by atoms with van der Waals surface area (Å²) in [6, 6.07) is 9.80. The largest absolute Gasteiger partial charge is 0.378 e. The number of benzene rings is 1. The third-order valence-electron chi connectivity index (χ3n) is 3.61. The molecular formula is C16H22ClNO2. The van der Waals surface area contributed by atoms with Gasteiger partial charge in [-0.15, -0.1) is 11.6 Å². The van der Waals surface area contributed by atoms with Crippen molar-refractivity contribution < 1.29 is 9.53 Å². The van der Waals surface area contributed by atoms with Crippen molar-refractivity contribution in [1.29, 1.82) is 0 Å². The summed E-state index contributed by atoms with van der Waals surface area (Å²) in [4.78, 5) is 11.8. The number of hydrogen-bond donors (Lipinski definition) is 1. The lowest BCUT2D eigenvalue weighted by Gasteiger charge is -2.22. The molecule has 1 heterocycles.